The molecular formula is C34H56N2O5S2. The van der Waals surface area contributed by atoms with Gasteiger partial charge in [0.05, 0.1) is 4.75 Å². The summed E-state index contributed by atoms with van der Waals surface area (Å²) in [7, 11) is 2.81. The Balaban J connectivity index is 3.96. The molecule has 7 nitrogen and oxygen atoms in total. The minimum atomic E-state index is -1.13. The van der Waals surface area contributed by atoms with Crippen molar-refractivity contribution >= 4 is 39.6 Å². The van der Waals surface area contributed by atoms with Gasteiger partial charge in [-0.2, -0.15) is 0 Å². The largest absolute Gasteiger partial charge is 0.480 e. The minimum absolute atomic E-state index is 0.0108. The molecule has 0 radical (unpaired) electrons. The van der Waals surface area contributed by atoms with E-state index in [0.29, 0.717) is 25.1 Å². The van der Waals surface area contributed by atoms with E-state index in [4.69, 9.17) is 4.74 Å². The number of carbonyl (C=O) groups is 3. The van der Waals surface area contributed by atoms with Crippen molar-refractivity contribution in [1.29, 1.82) is 0 Å². The first kappa shape index (κ1) is 40.6. The average molecular weight is 637 g/mol. The molecule has 0 saturated heterocycles. The van der Waals surface area contributed by atoms with Crippen molar-refractivity contribution in [3.8, 4) is 0 Å². The Morgan fingerprint density at radius 3 is 1.81 bits per heavy atom. The average Bonchev–Trinajstić information content (AvgIpc) is 2.91. The maximum atomic E-state index is 12.1. The fraction of sp³-hybridized carbons (Fsp3) is 0.618. The number of carboxylic acids is 1. The summed E-state index contributed by atoms with van der Waals surface area (Å²) in [6.07, 6.45) is 30.9. The van der Waals surface area contributed by atoms with Crippen LogP contribution in [0, 0.1) is 0 Å². The summed E-state index contributed by atoms with van der Waals surface area (Å²) in [5, 5.41) is 15.0. The molecule has 1 atom stereocenters. The molecule has 2 amide bonds. The lowest BCUT2D eigenvalue weighted by Crippen LogP contribution is -2.53. The summed E-state index contributed by atoms with van der Waals surface area (Å²) >= 11 is 0. The molecule has 3 N–H and O–H groups in total. The van der Waals surface area contributed by atoms with Gasteiger partial charge in [-0.15, -0.1) is 0 Å². The number of aliphatic carboxylic acids is 1. The molecule has 244 valence electrons. The summed E-state index contributed by atoms with van der Waals surface area (Å²) in [5.74, 6) is -0.530. The molecule has 0 rings (SSSR count). The molecule has 0 aromatic carbocycles. The summed E-state index contributed by atoms with van der Waals surface area (Å²) in [5.41, 5.74) is -0.717. The van der Waals surface area contributed by atoms with Crippen LogP contribution in [0.5, 0.6) is 0 Å². The van der Waals surface area contributed by atoms with Gasteiger partial charge in [0.15, 0.2) is 0 Å². The Morgan fingerprint density at radius 1 is 0.791 bits per heavy atom. The van der Waals surface area contributed by atoms with Gasteiger partial charge in [-0.25, -0.2) is 9.59 Å². The summed E-state index contributed by atoms with van der Waals surface area (Å²) in [4.78, 5) is 35.9. The minimum Gasteiger partial charge on any atom is -0.480 e. The molecule has 43 heavy (non-hydrogen) atoms. The third kappa shape index (κ3) is 25.8. The van der Waals surface area contributed by atoms with Gasteiger partial charge in [0.1, 0.15) is 11.6 Å². The fourth-order valence-electron chi connectivity index (χ4n) is 3.59. The van der Waals surface area contributed by atoms with Crippen molar-refractivity contribution in [2.24, 2.45) is 0 Å². The van der Waals surface area contributed by atoms with Crippen molar-refractivity contribution in [2.45, 2.75) is 122 Å². The number of nitrogens with one attached hydrogen (secondary N) is 2. The van der Waals surface area contributed by atoms with Gasteiger partial charge in [-0.3, -0.25) is 4.79 Å². The van der Waals surface area contributed by atoms with E-state index in [1.807, 2.05) is 6.08 Å². The van der Waals surface area contributed by atoms with Crippen molar-refractivity contribution in [3.63, 3.8) is 0 Å². The number of hydrogen-bond donors (Lipinski definition) is 3. The van der Waals surface area contributed by atoms with Crippen LogP contribution in [0.3, 0.4) is 0 Å². The predicted octanol–water partition coefficient (Wildman–Crippen LogP) is 8.94. The van der Waals surface area contributed by atoms with Crippen molar-refractivity contribution in [3.05, 3.63) is 60.8 Å². The number of carbonyl (C=O) groups excluding carboxylic acids is 2. The standard InChI is InChI=1S/C34H56N2O5S2/c1-7-8-9-10-11-12-13-14-15-16-17-18-19-20-21-22-23-24-25-26-29(37)35-27-28-42-43-34(5,6)30(31(38)39)36-32(40)41-33(2,3)4/h8-9,14-15,17-18,20-21,23-24,30H,7,10-13,16,19,22,25-28H2,1-6H3,(H,35,37)(H,36,40)(H,38,39)/b9-8-,15-14-,18-17-,21-20-,24-23-/t30-/m0/s1. The van der Waals surface area contributed by atoms with Crippen LogP contribution < -0.4 is 10.6 Å². The first-order valence-electron chi connectivity index (χ1n) is 15.4. The van der Waals surface area contributed by atoms with Crippen LogP contribution in [-0.2, 0) is 14.3 Å². The topological polar surface area (TPSA) is 105 Å². The monoisotopic (exact) mass is 636 g/mol. The second-order valence-corrected chi connectivity index (χ2v) is 14.6. The van der Waals surface area contributed by atoms with E-state index in [9.17, 15) is 19.5 Å². The zero-order valence-corrected chi connectivity index (χ0v) is 28.9. The van der Waals surface area contributed by atoms with Gasteiger partial charge in [0, 0.05) is 18.7 Å². The highest BCUT2D eigenvalue weighted by atomic mass is 33.1. The second-order valence-electron chi connectivity index (χ2n) is 11.6. The maximum absolute atomic E-state index is 12.1. The predicted molar refractivity (Wildman–Crippen MR) is 185 cm³/mol. The quantitative estimate of drug-likeness (QED) is 0.0584. The van der Waals surface area contributed by atoms with Crippen LogP contribution in [-0.4, -0.2) is 51.8 Å². The molecule has 0 bridgehead atoms. The number of amides is 2. The lowest BCUT2D eigenvalue weighted by atomic mass is 10.0. The molecule has 0 saturated carbocycles. The smallest absolute Gasteiger partial charge is 0.408 e. The Labute approximate surface area is 268 Å². The lowest BCUT2D eigenvalue weighted by molar-refractivity contribution is -0.140. The number of unbranched alkanes of at least 4 members (excludes halogenated alkanes) is 3. The Bertz CT molecular complexity index is 934. The van der Waals surface area contributed by atoms with Gasteiger partial charge >= 0.3 is 12.1 Å². The van der Waals surface area contributed by atoms with E-state index in [-0.39, 0.29) is 5.91 Å². The van der Waals surface area contributed by atoms with Crippen LogP contribution in [0.15, 0.2) is 60.8 Å². The van der Waals surface area contributed by atoms with Gasteiger partial charge in [-0.1, -0.05) is 89.3 Å². The Kier molecular flexibility index (Phi) is 23.6. The van der Waals surface area contributed by atoms with Crippen molar-refractivity contribution in [1.82, 2.24) is 10.6 Å². The molecule has 0 spiro atoms. The van der Waals surface area contributed by atoms with Gasteiger partial charge in [-0.05, 0) is 92.4 Å². The van der Waals surface area contributed by atoms with Gasteiger partial charge in [0.25, 0.3) is 0 Å². The first-order valence-corrected chi connectivity index (χ1v) is 17.8. The SMILES string of the molecule is CC/C=C\CCCC/C=C\C/C=C\C/C=C\C/C=C\CCC(=O)NCCSSC(C)(C)[C@@H](NC(=O)OC(C)(C)C)C(=O)O. The van der Waals surface area contributed by atoms with Crippen LogP contribution in [0.1, 0.15) is 106 Å². The summed E-state index contributed by atoms with van der Waals surface area (Å²) in [6.45, 7) is 11.3. The Hall–Kier alpha value is -2.39. The number of rotatable bonds is 23. The van der Waals surface area contributed by atoms with Crippen molar-refractivity contribution < 1.29 is 24.2 Å². The first-order chi connectivity index (χ1) is 20.4. The second kappa shape index (κ2) is 25.0. The van der Waals surface area contributed by atoms with Crippen LogP contribution in [0.25, 0.3) is 0 Å². The molecule has 0 aliphatic heterocycles. The van der Waals surface area contributed by atoms with Gasteiger partial charge in [0.2, 0.25) is 5.91 Å². The number of hydrogen-bond acceptors (Lipinski definition) is 6. The van der Waals surface area contributed by atoms with E-state index < -0.39 is 28.5 Å². The number of allylic oxidation sites excluding steroid dienone is 10. The molecule has 0 unspecified atom stereocenters. The highest BCUT2D eigenvalue weighted by molar-refractivity contribution is 8.77. The molecule has 0 fully saturated rings. The van der Waals surface area contributed by atoms with E-state index in [1.54, 1.807) is 34.6 Å². The third-order valence-electron chi connectivity index (χ3n) is 5.80. The maximum Gasteiger partial charge on any atom is 0.408 e. The normalized spacial score (nSPS) is 13.5. The zero-order chi connectivity index (χ0) is 32.4. The highest BCUT2D eigenvalue weighted by Crippen LogP contribution is 2.38. The van der Waals surface area contributed by atoms with E-state index in [2.05, 4.69) is 72.2 Å². The molecule has 0 aliphatic carbocycles. The molecule has 0 heterocycles. The van der Waals surface area contributed by atoms with Gasteiger partial charge < -0.3 is 20.5 Å². The van der Waals surface area contributed by atoms with Crippen LogP contribution >= 0.6 is 21.6 Å². The van der Waals surface area contributed by atoms with E-state index in [1.165, 1.54) is 40.9 Å². The highest BCUT2D eigenvalue weighted by Gasteiger charge is 2.38. The molecule has 9 heteroatoms. The summed E-state index contributed by atoms with van der Waals surface area (Å²) in [6, 6.07) is -1.13. The number of alkyl carbamates (subject to hydrolysis) is 1. The fourth-order valence-corrected chi connectivity index (χ4v) is 6.12. The van der Waals surface area contributed by atoms with Crippen LogP contribution in [0.2, 0.25) is 0 Å². The third-order valence-corrected chi connectivity index (χ3v) is 9.10. The summed E-state index contributed by atoms with van der Waals surface area (Å²) < 4.78 is 4.40. The molecule has 0 aromatic heterocycles. The van der Waals surface area contributed by atoms with E-state index in [0.717, 1.165) is 32.1 Å². The Morgan fingerprint density at radius 2 is 1.30 bits per heavy atom. The number of ether oxygens (including phenoxy) is 1. The van der Waals surface area contributed by atoms with Crippen LogP contribution in [0.4, 0.5) is 4.79 Å². The molecule has 0 aliphatic rings. The van der Waals surface area contributed by atoms with Crippen molar-refractivity contribution in [2.75, 3.05) is 12.3 Å². The molecule has 0 aromatic rings. The van der Waals surface area contributed by atoms with E-state index >= 15 is 0 Å². The molecular weight excluding hydrogens is 581 g/mol. The lowest BCUT2D eigenvalue weighted by Gasteiger charge is -2.31. The number of carboxylic acid groups (broad SMARTS) is 1. The zero-order valence-electron chi connectivity index (χ0n) is 27.2.